The third-order valence-corrected chi connectivity index (χ3v) is 5.50. The van der Waals surface area contributed by atoms with Crippen molar-refractivity contribution < 1.29 is 4.79 Å². The summed E-state index contributed by atoms with van der Waals surface area (Å²) in [6, 6.07) is 0.729. The van der Waals surface area contributed by atoms with Crippen LogP contribution < -0.4 is 5.32 Å². The van der Waals surface area contributed by atoms with Crippen LogP contribution in [0.5, 0.6) is 0 Å². The quantitative estimate of drug-likeness (QED) is 0.850. The van der Waals surface area contributed by atoms with Gasteiger partial charge in [0.25, 0.3) is 0 Å². The molecule has 4 atom stereocenters. The van der Waals surface area contributed by atoms with E-state index in [0.717, 1.165) is 43.8 Å². The van der Waals surface area contributed by atoms with Crippen LogP contribution in [0.4, 0.5) is 4.79 Å². The van der Waals surface area contributed by atoms with Gasteiger partial charge in [-0.25, -0.2) is 9.78 Å². The van der Waals surface area contributed by atoms with Gasteiger partial charge < -0.3 is 14.8 Å². The van der Waals surface area contributed by atoms with Gasteiger partial charge in [-0.15, -0.1) is 0 Å². The van der Waals surface area contributed by atoms with E-state index in [1.54, 1.807) is 6.20 Å². The Morgan fingerprint density at radius 1 is 1.35 bits per heavy atom. The minimum Gasteiger partial charge on any atom is -0.338 e. The molecule has 1 N–H and O–H groups in total. The van der Waals surface area contributed by atoms with E-state index in [9.17, 15) is 4.79 Å². The molecule has 0 radical (unpaired) electrons. The number of amides is 2. The van der Waals surface area contributed by atoms with Crippen LogP contribution in [-0.2, 0) is 6.54 Å². The molecule has 0 spiro atoms. The molecule has 3 fully saturated rings. The van der Waals surface area contributed by atoms with E-state index in [1.165, 1.54) is 19.3 Å². The standard InChI is InChI=1S/C15H22N4O/c20-15(17-4-1-6-18-7-5-16-10-18)19-9-13-11-2-3-12(8-11)14(13)19/h5,7,10-14H,1-4,6,8-9H2,(H,17,20). The number of hydrogen-bond donors (Lipinski definition) is 1. The molecule has 5 nitrogen and oxygen atoms in total. The molecule has 3 aliphatic rings. The summed E-state index contributed by atoms with van der Waals surface area (Å²) in [4.78, 5) is 18.3. The summed E-state index contributed by atoms with van der Waals surface area (Å²) >= 11 is 0. The lowest BCUT2D eigenvalue weighted by molar-refractivity contribution is 0.0123. The zero-order valence-corrected chi connectivity index (χ0v) is 11.7. The van der Waals surface area contributed by atoms with Crippen molar-refractivity contribution in [1.82, 2.24) is 19.8 Å². The molecule has 20 heavy (non-hydrogen) atoms. The highest BCUT2D eigenvalue weighted by atomic mass is 16.2. The zero-order valence-electron chi connectivity index (χ0n) is 11.7. The number of carbonyl (C=O) groups is 1. The Morgan fingerprint density at radius 3 is 3.05 bits per heavy atom. The van der Waals surface area contributed by atoms with Crippen molar-refractivity contribution in [3.63, 3.8) is 0 Å². The van der Waals surface area contributed by atoms with E-state index in [-0.39, 0.29) is 6.03 Å². The number of imidazole rings is 1. The zero-order chi connectivity index (χ0) is 13.5. The lowest BCUT2D eigenvalue weighted by Crippen LogP contribution is -2.63. The summed E-state index contributed by atoms with van der Waals surface area (Å²) in [5, 5.41) is 3.07. The topological polar surface area (TPSA) is 50.2 Å². The van der Waals surface area contributed by atoms with E-state index < -0.39 is 0 Å². The molecule has 2 aliphatic carbocycles. The summed E-state index contributed by atoms with van der Waals surface area (Å²) in [6.07, 6.45) is 10.6. The number of hydrogen-bond acceptors (Lipinski definition) is 2. The van der Waals surface area contributed by atoms with Gasteiger partial charge in [-0.3, -0.25) is 0 Å². The number of fused-ring (bicyclic) bond motifs is 5. The molecular formula is C15H22N4O. The number of likely N-dealkylation sites (tertiary alicyclic amines) is 1. The monoisotopic (exact) mass is 274 g/mol. The van der Waals surface area contributed by atoms with E-state index >= 15 is 0 Å². The maximum Gasteiger partial charge on any atom is 0.317 e. The van der Waals surface area contributed by atoms with Gasteiger partial charge in [-0.2, -0.15) is 0 Å². The molecular weight excluding hydrogens is 252 g/mol. The Bertz CT molecular complexity index is 484. The van der Waals surface area contributed by atoms with Gasteiger partial charge >= 0.3 is 6.03 Å². The van der Waals surface area contributed by atoms with Gasteiger partial charge in [0.2, 0.25) is 0 Å². The number of rotatable bonds is 4. The third-order valence-electron chi connectivity index (χ3n) is 5.50. The van der Waals surface area contributed by atoms with Crippen LogP contribution in [0, 0.1) is 17.8 Å². The smallest absolute Gasteiger partial charge is 0.317 e. The largest absolute Gasteiger partial charge is 0.338 e. The second-order valence-electron chi connectivity index (χ2n) is 6.53. The molecule has 2 heterocycles. The number of nitrogens with one attached hydrogen (secondary N) is 1. The maximum atomic E-state index is 12.2. The van der Waals surface area contributed by atoms with Crippen LogP contribution in [0.2, 0.25) is 0 Å². The number of carbonyl (C=O) groups excluding carboxylic acids is 1. The third kappa shape index (κ3) is 1.91. The molecule has 5 heteroatoms. The summed E-state index contributed by atoms with van der Waals surface area (Å²) < 4.78 is 2.04. The van der Waals surface area contributed by atoms with Gasteiger partial charge in [0.1, 0.15) is 0 Å². The average Bonchev–Trinajstić information content (AvgIpc) is 3.09. The first kappa shape index (κ1) is 12.2. The van der Waals surface area contributed by atoms with E-state index in [4.69, 9.17) is 0 Å². The van der Waals surface area contributed by atoms with Crippen molar-refractivity contribution in [2.45, 2.75) is 38.3 Å². The Morgan fingerprint density at radius 2 is 2.25 bits per heavy atom. The van der Waals surface area contributed by atoms with Crippen LogP contribution in [0.25, 0.3) is 0 Å². The highest BCUT2D eigenvalue weighted by Gasteiger charge is 2.57. The van der Waals surface area contributed by atoms with Gasteiger partial charge in [-0.1, -0.05) is 0 Å². The van der Waals surface area contributed by atoms with E-state index in [2.05, 4.69) is 15.2 Å². The fraction of sp³-hybridized carbons (Fsp3) is 0.733. The first-order valence-electron chi connectivity index (χ1n) is 7.83. The number of aryl methyl sites for hydroxylation is 1. The van der Waals surface area contributed by atoms with Gasteiger partial charge in [-0.05, 0) is 37.5 Å². The van der Waals surface area contributed by atoms with Crippen molar-refractivity contribution >= 4 is 6.03 Å². The van der Waals surface area contributed by atoms with E-state index in [0.29, 0.717) is 6.04 Å². The normalized spacial score (nSPS) is 33.9. The number of urea groups is 1. The number of nitrogens with zero attached hydrogens (tertiary/aromatic N) is 3. The minimum absolute atomic E-state index is 0.157. The lowest BCUT2D eigenvalue weighted by Gasteiger charge is -2.50. The van der Waals surface area contributed by atoms with Crippen molar-refractivity contribution in [3.8, 4) is 0 Å². The number of aromatic nitrogens is 2. The van der Waals surface area contributed by atoms with Crippen LogP contribution >= 0.6 is 0 Å². The fourth-order valence-electron chi connectivity index (χ4n) is 4.53. The Kier molecular flexibility index (Phi) is 2.93. The van der Waals surface area contributed by atoms with Gasteiger partial charge in [0, 0.05) is 44.0 Å². The van der Waals surface area contributed by atoms with Crippen LogP contribution in [0.1, 0.15) is 25.7 Å². The molecule has 2 bridgehead atoms. The first-order chi connectivity index (χ1) is 9.83. The Balaban J connectivity index is 1.22. The molecule has 2 amide bonds. The molecule has 1 aromatic heterocycles. The second kappa shape index (κ2) is 4.79. The predicted octanol–water partition coefficient (Wildman–Crippen LogP) is 1.71. The lowest BCUT2D eigenvalue weighted by atomic mass is 9.77. The van der Waals surface area contributed by atoms with Gasteiger partial charge in [0.15, 0.2) is 0 Å². The minimum atomic E-state index is 0.157. The van der Waals surface area contributed by atoms with Crippen LogP contribution in [0.15, 0.2) is 18.7 Å². The summed E-state index contributed by atoms with van der Waals surface area (Å²) in [7, 11) is 0. The SMILES string of the molecule is O=C(NCCCn1ccnc1)N1CC2C3CCC(C3)C21. The van der Waals surface area contributed by atoms with Gasteiger partial charge in [0.05, 0.1) is 6.33 Å². The first-order valence-corrected chi connectivity index (χ1v) is 7.83. The molecule has 1 aliphatic heterocycles. The molecule has 0 aromatic carbocycles. The van der Waals surface area contributed by atoms with Crippen molar-refractivity contribution in [2.75, 3.05) is 13.1 Å². The summed E-state index contributed by atoms with van der Waals surface area (Å²) in [5.41, 5.74) is 0. The average molecular weight is 274 g/mol. The fourth-order valence-corrected chi connectivity index (χ4v) is 4.53. The molecule has 108 valence electrons. The predicted molar refractivity (Wildman–Crippen MR) is 75.1 cm³/mol. The van der Waals surface area contributed by atoms with E-state index in [1.807, 2.05) is 17.1 Å². The van der Waals surface area contributed by atoms with Crippen molar-refractivity contribution in [3.05, 3.63) is 18.7 Å². The molecule has 4 unspecified atom stereocenters. The summed E-state index contributed by atoms with van der Waals surface area (Å²) in [5.74, 6) is 2.55. The van der Waals surface area contributed by atoms with Crippen molar-refractivity contribution in [1.29, 1.82) is 0 Å². The van der Waals surface area contributed by atoms with Crippen LogP contribution in [-0.4, -0.2) is 39.6 Å². The van der Waals surface area contributed by atoms with Crippen molar-refractivity contribution in [2.24, 2.45) is 17.8 Å². The highest BCUT2D eigenvalue weighted by molar-refractivity contribution is 5.75. The Labute approximate surface area is 119 Å². The van der Waals surface area contributed by atoms with Crippen LogP contribution in [0.3, 0.4) is 0 Å². The highest BCUT2D eigenvalue weighted by Crippen LogP contribution is 2.55. The summed E-state index contributed by atoms with van der Waals surface area (Å²) in [6.45, 7) is 2.66. The molecule has 4 rings (SSSR count). The second-order valence-corrected chi connectivity index (χ2v) is 6.53. The molecule has 2 saturated carbocycles. The molecule has 1 aromatic rings. The Hall–Kier alpha value is -1.52. The maximum absolute atomic E-state index is 12.2. The molecule has 1 saturated heterocycles.